The molecule has 0 bridgehead atoms. The summed E-state index contributed by atoms with van der Waals surface area (Å²) in [5.41, 5.74) is 0.0869. The largest absolute Gasteiger partial charge is 0.490 e. The van der Waals surface area contributed by atoms with E-state index < -0.39 is 5.60 Å². The number of carbonyl (C=O) groups is 1. The lowest BCUT2D eigenvalue weighted by molar-refractivity contribution is -0.121. The summed E-state index contributed by atoms with van der Waals surface area (Å²) < 4.78 is 6.65. The van der Waals surface area contributed by atoms with Gasteiger partial charge < -0.3 is 4.74 Å². The third kappa shape index (κ3) is 2.05. The molecule has 5 heteroatoms. The summed E-state index contributed by atoms with van der Waals surface area (Å²) in [5, 5.41) is 0. The highest BCUT2D eigenvalue weighted by atomic mass is 35.5. The summed E-state index contributed by atoms with van der Waals surface area (Å²) in [6.45, 7) is 1.83. The average molecular weight is 263 g/mol. The number of hydrogen-bond donors (Lipinski definition) is 0. The van der Waals surface area contributed by atoms with Gasteiger partial charge in [0.25, 0.3) is 0 Å². The lowest BCUT2D eigenvalue weighted by Gasteiger charge is -2.30. The van der Waals surface area contributed by atoms with E-state index in [1.165, 1.54) is 23.7 Å². The second-order valence-corrected chi connectivity index (χ2v) is 5.82. The van der Waals surface area contributed by atoms with E-state index in [0.29, 0.717) is 8.67 Å². The molecule has 1 unspecified atom stereocenters. The first-order valence-electron chi connectivity index (χ1n) is 4.34. The minimum Gasteiger partial charge on any atom is -0.490 e. The van der Waals surface area contributed by atoms with Crippen molar-refractivity contribution < 1.29 is 9.53 Å². The average Bonchev–Trinajstić information content (AvgIpc) is 2.45. The molecular weight excluding hydrogens is 255 g/mol. The number of thiophene rings is 1. The fourth-order valence-corrected chi connectivity index (χ4v) is 3.25. The molecule has 2 rings (SSSR count). The number of ketones is 1. The molecule has 0 spiro atoms. The van der Waals surface area contributed by atoms with Crippen LogP contribution in [0.2, 0.25) is 8.67 Å². The molecule has 15 heavy (non-hydrogen) atoms. The minimum atomic E-state index is -0.688. The molecule has 0 amide bonds. The van der Waals surface area contributed by atoms with Gasteiger partial charge in [-0.1, -0.05) is 23.2 Å². The van der Waals surface area contributed by atoms with E-state index in [9.17, 15) is 4.79 Å². The zero-order valence-corrected chi connectivity index (χ0v) is 10.2. The van der Waals surface area contributed by atoms with Gasteiger partial charge >= 0.3 is 0 Å². The molecule has 0 saturated carbocycles. The second kappa shape index (κ2) is 3.81. The zero-order chi connectivity index (χ0) is 11.1. The summed E-state index contributed by atoms with van der Waals surface area (Å²) >= 11 is 13.2. The topological polar surface area (TPSA) is 26.3 Å². The Balaban J connectivity index is 2.41. The van der Waals surface area contributed by atoms with Crippen LogP contribution in [0.25, 0.3) is 0 Å². The molecule has 0 saturated heterocycles. The van der Waals surface area contributed by atoms with Crippen molar-refractivity contribution in [2.75, 3.05) is 0 Å². The summed E-state index contributed by atoms with van der Waals surface area (Å²) in [7, 11) is 0. The van der Waals surface area contributed by atoms with Gasteiger partial charge in [-0.15, -0.1) is 11.3 Å². The van der Waals surface area contributed by atoms with Crippen LogP contribution in [0, 0.1) is 0 Å². The van der Waals surface area contributed by atoms with Crippen molar-refractivity contribution in [3.8, 4) is 0 Å². The van der Waals surface area contributed by atoms with E-state index in [0.717, 1.165) is 5.56 Å². The predicted octanol–water partition coefficient (Wildman–Crippen LogP) is 3.77. The van der Waals surface area contributed by atoms with Gasteiger partial charge in [0.1, 0.15) is 9.94 Å². The summed E-state index contributed by atoms with van der Waals surface area (Å²) in [5.74, 6) is 0.0298. The van der Waals surface area contributed by atoms with Crippen molar-refractivity contribution in [3.05, 3.63) is 32.6 Å². The third-order valence-corrected chi connectivity index (χ3v) is 3.81. The first-order chi connectivity index (χ1) is 7.01. The molecule has 1 atom stereocenters. The quantitative estimate of drug-likeness (QED) is 0.770. The molecule has 1 aliphatic rings. The molecule has 0 radical (unpaired) electrons. The molecule has 0 aromatic carbocycles. The Morgan fingerprint density at radius 3 is 2.80 bits per heavy atom. The van der Waals surface area contributed by atoms with Crippen LogP contribution in [-0.2, 0) is 15.1 Å². The summed E-state index contributed by atoms with van der Waals surface area (Å²) in [6, 6.07) is 1.75. The van der Waals surface area contributed by atoms with Gasteiger partial charge in [-0.3, -0.25) is 4.79 Å². The van der Waals surface area contributed by atoms with E-state index in [1.54, 1.807) is 6.07 Å². The second-order valence-electron chi connectivity index (χ2n) is 3.53. The molecule has 1 aliphatic heterocycles. The van der Waals surface area contributed by atoms with Crippen molar-refractivity contribution >= 4 is 40.3 Å². The van der Waals surface area contributed by atoms with Crippen molar-refractivity contribution in [2.45, 2.75) is 18.9 Å². The SMILES string of the molecule is CC1(c2cc(Cl)sc2Cl)CC(=O)C=CO1. The third-order valence-electron chi connectivity index (χ3n) is 2.32. The number of allylic oxidation sites excluding steroid dienone is 1. The normalized spacial score (nSPS) is 25.4. The maximum Gasteiger partial charge on any atom is 0.163 e. The number of hydrogen-bond acceptors (Lipinski definition) is 3. The zero-order valence-electron chi connectivity index (χ0n) is 7.92. The Hall–Kier alpha value is -0.510. The number of rotatable bonds is 1. The number of carbonyl (C=O) groups excluding carboxylic acids is 1. The Morgan fingerprint density at radius 1 is 1.53 bits per heavy atom. The molecule has 2 nitrogen and oxygen atoms in total. The van der Waals surface area contributed by atoms with Gasteiger partial charge in [-0.2, -0.15) is 0 Å². The Kier molecular flexibility index (Phi) is 2.79. The molecule has 1 aromatic rings. The standard InChI is InChI=1S/C10H8Cl2O2S/c1-10(5-6(13)2-3-14-10)7-4-8(11)15-9(7)12/h2-4H,5H2,1H3. The molecule has 80 valence electrons. The Bertz CT molecular complexity index is 439. The van der Waals surface area contributed by atoms with E-state index >= 15 is 0 Å². The van der Waals surface area contributed by atoms with Crippen LogP contribution in [-0.4, -0.2) is 5.78 Å². The Morgan fingerprint density at radius 2 is 2.27 bits per heavy atom. The van der Waals surface area contributed by atoms with Gasteiger partial charge in [-0.05, 0) is 13.0 Å². The molecular formula is C10H8Cl2O2S. The lowest BCUT2D eigenvalue weighted by Crippen LogP contribution is -2.29. The van der Waals surface area contributed by atoms with Crippen LogP contribution < -0.4 is 0 Å². The highest BCUT2D eigenvalue weighted by Gasteiger charge is 2.35. The highest BCUT2D eigenvalue weighted by molar-refractivity contribution is 7.20. The van der Waals surface area contributed by atoms with E-state index in [4.69, 9.17) is 27.9 Å². The van der Waals surface area contributed by atoms with Crippen molar-refractivity contribution in [1.29, 1.82) is 0 Å². The fraction of sp³-hybridized carbons (Fsp3) is 0.300. The smallest absolute Gasteiger partial charge is 0.163 e. The predicted molar refractivity (Wildman–Crippen MR) is 61.5 cm³/mol. The van der Waals surface area contributed by atoms with Crippen LogP contribution in [0.1, 0.15) is 18.9 Å². The van der Waals surface area contributed by atoms with E-state index in [1.807, 2.05) is 6.92 Å². The maximum absolute atomic E-state index is 11.3. The fourth-order valence-electron chi connectivity index (χ4n) is 1.55. The summed E-state index contributed by atoms with van der Waals surface area (Å²) in [6.07, 6.45) is 3.12. The maximum atomic E-state index is 11.3. The van der Waals surface area contributed by atoms with Crippen LogP contribution >= 0.6 is 34.5 Å². The van der Waals surface area contributed by atoms with Gasteiger partial charge in [0.05, 0.1) is 17.0 Å². The summed E-state index contributed by atoms with van der Waals surface area (Å²) in [4.78, 5) is 11.3. The lowest BCUT2D eigenvalue weighted by atomic mass is 9.91. The molecule has 1 aromatic heterocycles. The monoisotopic (exact) mass is 262 g/mol. The van der Waals surface area contributed by atoms with Crippen LogP contribution in [0.15, 0.2) is 18.4 Å². The molecule has 0 fully saturated rings. The van der Waals surface area contributed by atoms with E-state index in [2.05, 4.69) is 0 Å². The first kappa shape index (κ1) is 11.0. The van der Waals surface area contributed by atoms with Gasteiger partial charge in [-0.25, -0.2) is 0 Å². The minimum absolute atomic E-state index is 0.0298. The number of halogens is 2. The molecule has 0 N–H and O–H groups in total. The van der Waals surface area contributed by atoms with Crippen molar-refractivity contribution in [2.24, 2.45) is 0 Å². The Labute approximate surface area is 101 Å². The number of ether oxygens (including phenoxy) is 1. The molecule has 0 aliphatic carbocycles. The van der Waals surface area contributed by atoms with Gasteiger partial charge in [0.15, 0.2) is 5.78 Å². The molecule has 2 heterocycles. The van der Waals surface area contributed by atoms with Crippen molar-refractivity contribution in [3.63, 3.8) is 0 Å². The van der Waals surface area contributed by atoms with Crippen LogP contribution in [0.4, 0.5) is 0 Å². The van der Waals surface area contributed by atoms with Gasteiger partial charge in [0.2, 0.25) is 0 Å². The highest BCUT2D eigenvalue weighted by Crippen LogP contribution is 2.42. The van der Waals surface area contributed by atoms with Crippen LogP contribution in [0.5, 0.6) is 0 Å². The van der Waals surface area contributed by atoms with E-state index in [-0.39, 0.29) is 12.2 Å². The van der Waals surface area contributed by atoms with Crippen molar-refractivity contribution in [1.82, 2.24) is 0 Å². The van der Waals surface area contributed by atoms with Gasteiger partial charge in [0, 0.05) is 11.6 Å². The van der Waals surface area contributed by atoms with Crippen LogP contribution in [0.3, 0.4) is 0 Å². The first-order valence-corrected chi connectivity index (χ1v) is 5.91.